The number of alkyl halides is 2. The van der Waals surface area contributed by atoms with E-state index in [0.29, 0.717) is 5.56 Å². The first-order chi connectivity index (χ1) is 8.68. The van der Waals surface area contributed by atoms with E-state index < -0.39 is 22.7 Å². The average Bonchev–Trinajstić information content (AvgIpc) is 2.22. The van der Waals surface area contributed by atoms with Crippen LogP contribution in [0.15, 0.2) is 22.6 Å². The lowest BCUT2D eigenvalue weighted by Gasteiger charge is -2.17. The first-order valence-corrected chi connectivity index (χ1v) is 6.88. The van der Waals surface area contributed by atoms with E-state index in [2.05, 4.69) is 9.13 Å². The van der Waals surface area contributed by atoms with Gasteiger partial charge in [0.25, 0.3) is 0 Å². The fraction of sp³-hybridized carbons (Fsp3) is 0.417. The smallest absolute Gasteiger partial charge is 0.387 e. The SMILES string of the molecule is CC(C)(C)[S+]([O-])/N=C/c1cc(Cl)cc(OC(F)F)c1. The second-order valence-electron chi connectivity index (χ2n) is 4.69. The summed E-state index contributed by atoms with van der Waals surface area (Å²) in [5, 5.41) is 0.237. The van der Waals surface area contributed by atoms with E-state index in [0.717, 1.165) is 0 Å². The third-order valence-electron chi connectivity index (χ3n) is 1.94. The third kappa shape index (κ3) is 5.76. The van der Waals surface area contributed by atoms with Gasteiger partial charge in [-0.3, -0.25) is 0 Å². The number of rotatable bonds is 4. The fourth-order valence-corrected chi connectivity index (χ4v) is 1.86. The monoisotopic (exact) mass is 309 g/mol. The van der Waals surface area contributed by atoms with Crippen molar-refractivity contribution in [2.24, 2.45) is 4.40 Å². The van der Waals surface area contributed by atoms with Crippen LogP contribution in [0.5, 0.6) is 5.75 Å². The van der Waals surface area contributed by atoms with E-state index in [9.17, 15) is 13.3 Å². The molecule has 1 atom stereocenters. The molecule has 0 heterocycles. The Morgan fingerprint density at radius 1 is 1.37 bits per heavy atom. The molecule has 106 valence electrons. The van der Waals surface area contributed by atoms with Crippen molar-refractivity contribution >= 4 is 29.2 Å². The summed E-state index contributed by atoms with van der Waals surface area (Å²) in [5.74, 6) is -0.0644. The highest BCUT2D eigenvalue weighted by Crippen LogP contribution is 2.22. The Morgan fingerprint density at radius 2 is 2.00 bits per heavy atom. The van der Waals surface area contributed by atoms with Gasteiger partial charge in [0, 0.05) is 10.6 Å². The highest BCUT2D eigenvalue weighted by molar-refractivity contribution is 7.91. The third-order valence-corrected chi connectivity index (χ3v) is 3.50. The molecule has 0 saturated heterocycles. The number of ether oxygens (including phenoxy) is 1. The van der Waals surface area contributed by atoms with Gasteiger partial charge in [-0.05, 0) is 39.0 Å². The summed E-state index contributed by atoms with van der Waals surface area (Å²) in [6.07, 6.45) is 1.32. The number of halogens is 3. The molecule has 0 fully saturated rings. The van der Waals surface area contributed by atoms with Gasteiger partial charge in [-0.25, -0.2) is 0 Å². The summed E-state index contributed by atoms with van der Waals surface area (Å²) < 4.78 is 43.6. The zero-order valence-corrected chi connectivity index (χ0v) is 12.3. The molecule has 0 amide bonds. The predicted molar refractivity (Wildman–Crippen MR) is 73.6 cm³/mol. The van der Waals surface area contributed by atoms with E-state index in [1.807, 2.05) is 0 Å². The van der Waals surface area contributed by atoms with Crippen LogP contribution in [-0.2, 0) is 11.4 Å². The molecule has 0 spiro atoms. The molecule has 0 aliphatic carbocycles. The van der Waals surface area contributed by atoms with Gasteiger partial charge in [-0.1, -0.05) is 16.0 Å². The molecular weight excluding hydrogens is 296 g/mol. The maximum Gasteiger partial charge on any atom is 0.387 e. The van der Waals surface area contributed by atoms with Crippen molar-refractivity contribution in [3.05, 3.63) is 28.8 Å². The Kier molecular flexibility index (Phi) is 5.58. The molecule has 1 aromatic carbocycles. The van der Waals surface area contributed by atoms with E-state index >= 15 is 0 Å². The average molecular weight is 310 g/mol. The zero-order chi connectivity index (χ0) is 14.6. The van der Waals surface area contributed by atoms with Gasteiger partial charge in [0.05, 0.1) is 6.21 Å². The summed E-state index contributed by atoms with van der Waals surface area (Å²) >= 11 is 4.35. The number of benzene rings is 1. The topological polar surface area (TPSA) is 44.7 Å². The Labute approximate surface area is 118 Å². The molecule has 0 aromatic heterocycles. The molecule has 1 aromatic rings. The highest BCUT2D eigenvalue weighted by Gasteiger charge is 2.25. The van der Waals surface area contributed by atoms with Crippen LogP contribution in [0.3, 0.4) is 0 Å². The Hall–Kier alpha value is -0.850. The van der Waals surface area contributed by atoms with Crippen LogP contribution in [0.4, 0.5) is 8.78 Å². The van der Waals surface area contributed by atoms with Gasteiger partial charge in [-0.2, -0.15) is 8.78 Å². The molecule has 19 heavy (non-hydrogen) atoms. The normalized spacial score (nSPS) is 14.1. The maximum absolute atomic E-state index is 12.1. The van der Waals surface area contributed by atoms with Gasteiger partial charge < -0.3 is 9.29 Å². The standard InChI is InChI=1S/C12H14ClF2NO2S/c1-12(2,3)19(17)16-7-8-4-9(13)6-10(5-8)18-11(14)15/h4-7,11H,1-3H3/b16-7+. The van der Waals surface area contributed by atoms with E-state index in [4.69, 9.17) is 11.6 Å². The molecule has 0 bridgehead atoms. The van der Waals surface area contributed by atoms with Gasteiger partial charge in [0.15, 0.2) is 0 Å². The molecule has 0 radical (unpaired) electrons. The van der Waals surface area contributed by atoms with Crippen molar-refractivity contribution in [2.75, 3.05) is 0 Å². The molecule has 0 aliphatic heterocycles. The molecular formula is C12H14ClF2NO2S. The van der Waals surface area contributed by atoms with E-state index in [1.54, 1.807) is 20.8 Å². The molecule has 1 unspecified atom stereocenters. The van der Waals surface area contributed by atoms with Gasteiger partial charge in [-0.15, -0.1) is 0 Å². The number of hydrogen-bond donors (Lipinski definition) is 0. The Bertz CT molecular complexity index is 464. The van der Waals surface area contributed by atoms with Crippen LogP contribution in [0.2, 0.25) is 5.02 Å². The van der Waals surface area contributed by atoms with E-state index in [1.165, 1.54) is 24.4 Å². The summed E-state index contributed by atoms with van der Waals surface area (Å²) in [5.41, 5.74) is 0.445. The summed E-state index contributed by atoms with van der Waals surface area (Å²) in [6, 6.07) is 4.14. The quantitative estimate of drug-likeness (QED) is 0.627. The van der Waals surface area contributed by atoms with Crippen molar-refractivity contribution in [3.8, 4) is 5.75 Å². The van der Waals surface area contributed by atoms with Crippen molar-refractivity contribution in [2.45, 2.75) is 32.1 Å². The molecule has 3 nitrogen and oxygen atoms in total. The summed E-state index contributed by atoms with van der Waals surface area (Å²) in [6.45, 7) is 2.42. The number of hydrogen-bond acceptors (Lipinski definition) is 3. The Balaban J connectivity index is 2.89. The first kappa shape index (κ1) is 16.2. The molecule has 0 saturated carbocycles. The molecule has 0 N–H and O–H groups in total. The maximum atomic E-state index is 12.1. The minimum absolute atomic E-state index is 0.0644. The molecule has 0 aliphatic rings. The van der Waals surface area contributed by atoms with Gasteiger partial charge in [0.2, 0.25) is 0 Å². The number of nitrogens with zero attached hydrogens (tertiary/aromatic N) is 1. The van der Waals surface area contributed by atoms with Crippen molar-refractivity contribution in [1.29, 1.82) is 0 Å². The fourth-order valence-electron chi connectivity index (χ4n) is 1.10. The lowest BCUT2D eigenvalue weighted by molar-refractivity contribution is -0.0498. The second kappa shape index (κ2) is 6.54. The van der Waals surface area contributed by atoms with Crippen molar-refractivity contribution in [1.82, 2.24) is 0 Å². The zero-order valence-electron chi connectivity index (χ0n) is 10.7. The van der Waals surface area contributed by atoms with Crippen LogP contribution >= 0.6 is 11.6 Å². The van der Waals surface area contributed by atoms with Gasteiger partial charge >= 0.3 is 6.61 Å². The van der Waals surface area contributed by atoms with Crippen molar-refractivity contribution in [3.63, 3.8) is 0 Å². The lowest BCUT2D eigenvalue weighted by Crippen LogP contribution is -2.25. The minimum atomic E-state index is -2.92. The van der Waals surface area contributed by atoms with Crippen molar-refractivity contribution < 1.29 is 18.1 Å². The lowest BCUT2D eigenvalue weighted by atomic mass is 10.2. The van der Waals surface area contributed by atoms with Crippen LogP contribution in [-0.4, -0.2) is 22.1 Å². The Morgan fingerprint density at radius 3 is 2.53 bits per heavy atom. The van der Waals surface area contributed by atoms with Gasteiger partial charge in [0.1, 0.15) is 21.9 Å². The summed E-state index contributed by atoms with van der Waals surface area (Å²) in [4.78, 5) is 0. The predicted octanol–water partition coefficient (Wildman–Crippen LogP) is 3.82. The molecule has 1 rings (SSSR count). The van der Waals surface area contributed by atoms with E-state index in [-0.39, 0.29) is 10.8 Å². The van der Waals surface area contributed by atoms with Crippen LogP contribution in [0.1, 0.15) is 26.3 Å². The highest BCUT2D eigenvalue weighted by atomic mass is 35.5. The minimum Gasteiger partial charge on any atom is -0.591 e. The van der Waals surface area contributed by atoms with Crippen LogP contribution in [0.25, 0.3) is 0 Å². The first-order valence-electron chi connectivity index (χ1n) is 5.40. The van der Waals surface area contributed by atoms with Crippen LogP contribution < -0.4 is 4.74 Å². The second-order valence-corrected chi connectivity index (χ2v) is 7.07. The molecule has 7 heteroatoms. The van der Waals surface area contributed by atoms with Crippen LogP contribution in [0, 0.1) is 0 Å². The summed E-state index contributed by atoms with van der Waals surface area (Å²) in [7, 11) is 0. The largest absolute Gasteiger partial charge is 0.591 e.